The number of aromatic nitrogens is 3. The third-order valence-corrected chi connectivity index (χ3v) is 7.81. The van der Waals surface area contributed by atoms with Crippen LogP contribution in [0.15, 0.2) is 41.6 Å². The van der Waals surface area contributed by atoms with E-state index < -0.39 is 0 Å². The number of thioether (sulfide) groups is 1. The van der Waals surface area contributed by atoms with Crippen molar-refractivity contribution in [2.24, 2.45) is 0 Å². The summed E-state index contributed by atoms with van der Waals surface area (Å²) in [6, 6.07) is 11.4. The summed E-state index contributed by atoms with van der Waals surface area (Å²) in [5.74, 6) is 2.37. The number of nitrogens with zero attached hydrogens (tertiary/aromatic N) is 3. The molecule has 0 saturated heterocycles. The van der Waals surface area contributed by atoms with Crippen LogP contribution in [0.2, 0.25) is 0 Å². The fourth-order valence-electron chi connectivity index (χ4n) is 4.54. The topological polar surface area (TPSA) is 105 Å². The molecule has 38 heavy (non-hydrogen) atoms. The van der Waals surface area contributed by atoms with E-state index in [2.05, 4.69) is 15.5 Å². The highest BCUT2D eigenvalue weighted by molar-refractivity contribution is 8.00. The predicted molar refractivity (Wildman–Crippen MR) is 147 cm³/mol. The second-order valence-corrected chi connectivity index (χ2v) is 10.1. The van der Waals surface area contributed by atoms with E-state index in [9.17, 15) is 4.79 Å². The summed E-state index contributed by atoms with van der Waals surface area (Å²) in [6.07, 6.45) is 5.04. The number of ether oxygens (including phenoxy) is 4. The van der Waals surface area contributed by atoms with Gasteiger partial charge in [-0.2, -0.15) is 0 Å². The van der Waals surface area contributed by atoms with Crippen molar-refractivity contribution in [3.63, 3.8) is 0 Å². The molecule has 1 unspecified atom stereocenters. The van der Waals surface area contributed by atoms with Gasteiger partial charge in [-0.05, 0) is 55.7 Å². The Morgan fingerprint density at radius 2 is 1.42 bits per heavy atom. The van der Waals surface area contributed by atoms with Crippen LogP contribution in [0.1, 0.15) is 39.0 Å². The highest BCUT2D eigenvalue weighted by Crippen LogP contribution is 2.38. The first-order chi connectivity index (χ1) is 18.5. The SMILES string of the molecule is CCC(Sc1nnc(-c2ccc(OC)c(OC)c2)c(-c2ccc(OC)c(OC)c2)n1)C(=O)NC1CCCC1. The van der Waals surface area contributed by atoms with Crippen molar-refractivity contribution in [2.75, 3.05) is 28.4 Å². The van der Waals surface area contributed by atoms with Gasteiger partial charge < -0.3 is 24.3 Å². The molecule has 2 aromatic carbocycles. The zero-order valence-corrected chi connectivity index (χ0v) is 23.3. The molecule has 1 aromatic heterocycles. The molecule has 1 heterocycles. The fourth-order valence-corrected chi connectivity index (χ4v) is 5.37. The minimum Gasteiger partial charge on any atom is -0.493 e. The van der Waals surface area contributed by atoms with Gasteiger partial charge in [-0.3, -0.25) is 4.79 Å². The lowest BCUT2D eigenvalue weighted by Gasteiger charge is -2.18. The Balaban J connectivity index is 1.74. The molecule has 1 aliphatic rings. The number of benzene rings is 2. The minimum atomic E-state index is -0.317. The molecule has 4 rings (SSSR count). The van der Waals surface area contributed by atoms with Gasteiger partial charge in [0.2, 0.25) is 11.1 Å². The van der Waals surface area contributed by atoms with E-state index in [0.717, 1.165) is 36.8 Å². The number of hydrogen-bond acceptors (Lipinski definition) is 9. The molecule has 202 valence electrons. The fraction of sp³-hybridized carbons (Fsp3) is 0.429. The van der Waals surface area contributed by atoms with Crippen molar-refractivity contribution in [3.8, 4) is 45.5 Å². The zero-order chi connectivity index (χ0) is 27.1. The molecule has 10 heteroatoms. The number of methoxy groups -OCH3 is 4. The van der Waals surface area contributed by atoms with E-state index >= 15 is 0 Å². The summed E-state index contributed by atoms with van der Waals surface area (Å²) in [7, 11) is 6.36. The molecule has 1 atom stereocenters. The molecule has 1 N–H and O–H groups in total. The summed E-state index contributed by atoms with van der Waals surface area (Å²) < 4.78 is 21.8. The maximum atomic E-state index is 13.0. The van der Waals surface area contributed by atoms with E-state index in [-0.39, 0.29) is 17.2 Å². The van der Waals surface area contributed by atoms with Crippen LogP contribution in [-0.2, 0) is 4.79 Å². The summed E-state index contributed by atoms with van der Waals surface area (Å²) in [6.45, 7) is 1.99. The van der Waals surface area contributed by atoms with Gasteiger partial charge in [0, 0.05) is 17.2 Å². The zero-order valence-electron chi connectivity index (χ0n) is 22.4. The lowest BCUT2D eigenvalue weighted by molar-refractivity contribution is -0.121. The first-order valence-corrected chi connectivity index (χ1v) is 13.6. The van der Waals surface area contributed by atoms with E-state index in [0.29, 0.717) is 46.0 Å². The number of hydrogen-bond donors (Lipinski definition) is 1. The molecule has 0 spiro atoms. The van der Waals surface area contributed by atoms with Gasteiger partial charge in [0.05, 0.1) is 33.7 Å². The van der Waals surface area contributed by atoms with Gasteiger partial charge in [0.1, 0.15) is 11.4 Å². The Hall–Kier alpha value is -3.53. The van der Waals surface area contributed by atoms with Gasteiger partial charge in [-0.25, -0.2) is 4.98 Å². The Morgan fingerprint density at radius 3 is 1.95 bits per heavy atom. The monoisotopic (exact) mass is 538 g/mol. The Kier molecular flexibility index (Phi) is 9.28. The van der Waals surface area contributed by atoms with Crippen LogP contribution in [0.5, 0.6) is 23.0 Å². The Morgan fingerprint density at radius 1 is 0.868 bits per heavy atom. The van der Waals surface area contributed by atoms with E-state index in [1.165, 1.54) is 11.8 Å². The van der Waals surface area contributed by atoms with Crippen LogP contribution >= 0.6 is 11.8 Å². The standard InChI is InChI=1S/C28H34N4O5S/c1-6-24(27(33)29-19-9-7-8-10-19)38-28-30-25(17-11-13-20(34-2)22(15-17)36-4)26(31-32-28)18-12-14-21(35-3)23(16-18)37-5/h11-16,19,24H,6-10H2,1-5H3,(H,29,33). The predicted octanol–water partition coefficient (Wildman–Crippen LogP) is 5.17. The smallest absolute Gasteiger partial charge is 0.233 e. The largest absolute Gasteiger partial charge is 0.493 e. The van der Waals surface area contributed by atoms with E-state index in [1.807, 2.05) is 43.3 Å². The highest BCUT2D eigenvalue weighted by Gasteiger charge is 2.25. The van der Waals surface area contributed by atoms with Crippen molar-refractivity contribution >= 4 is 17.7 Å². The van der Waals surface area contributed by atoms with Gasteiger partial charge in [-0.1, -0.05) is 31.5 Å². The average molecular weight is 539 g/mol. The number of carbonyl (C=O) groups excluding carboxylic acids is 1. The maximum Gasteiger partial charge on any atom is 0.233 e. The molecule has 0 aliphatic heterocycles. The van der Waals surface area contributed by atoms with Gasteiger partial charge in [0.15, 0.2) is 23.0 Å². The second kappa shape index (κ2) is 12.8. The molecule has 9 nitrogen and oxygen atoms in total. The third-order valence-electron chi connectivity index (χ3n) is 6.59. The summed E-state index contributed by atoms with van der Waals surface area (Å²) >= 11 is 1.33. The number of carbonyl (C=O) groups is 1. The summed E-state index contributed by atoms with van der Waals surface area (Å²) in [4.78, 5) is 17.9. The van der Waals surface area contributed by atoms with Crippen LogP contribution in [0, 0.1) is 0 Å². The highest BCUT2D eigenvalue weighted by atomic mass is 32.2. The number of rotatable bonds is 11. The summed E-state index contributed by atoms with van der Waals surface area (Å²) in [5, 5.41) is 12.3. The Bertz CT molecular complexity index is 1270. The van der Waals surface area contributed by atoms with E-state index in [4.69, 9.17) is 23.9 Å². The lowest BCUT2D eigenvalue weighted by atomic mass is 10.0. The quantitative estimate of drug-likeness (QED) is 0.331. The average Bonchev–Trinajstić information content (AvgIpc) is 3.47. The normalized spacial score (nSPS) is 14.1. The van der Waals surface area contributed by atoms with Crippen molar-refractivity contribution in [2.45, 2.75) is 55.5 Å². The second-order valence-electron chi connectivity index (χ2n) is 8.94. The summed E-state index contributed by atoms with van der Waals surface area (Å²) in [5.41, 5.74) is 2.69. The lowest BCUT2D eigenvalue weighted by Crippen LogP contribution is -2.38. The van der Waals surface area contributed by atoms with Crippen LogP contribution in [0.25, 0.3) is 22.5 Å². The first kappa shape index (κ1) is 27.5. The molecular formula is C28H34N4O5S. The maximum absolute atomic E-state index is 13.0. The molecule has 1 aliphatic carbocycles. The first-order valence-electron chi connectivity index (χ1n) is 12.7. The van der Waals surface area contributed by atoms with Crippen molar-refractivity contribution in [3.05, 3.63) is 36.4 Å². The van der Waals surface area contributed by atoms with Crippen LogP contribution in [0.3, 0.4) is 0 Å². The molecular weight excluding hydrogens is 504 g/mol. The minimum absolute atomic E-state index is 0.0182. The van der Waals surface area contributed by atoms with Crippen molar-refractivity contribution in [1.29, 1.82) is 0 Å². The van der Waals surface area contributed by atoms with Crippen LogP contribution in [-0.4, -0.2) is 60.8 Å². The number of nitrogens with one attached hydrogen (secondary N) is 1. The van der Waals surface area contributed by atoms with Gasteiger partial charge in [-0.15, -0.1) is 10.2 Å². The molecule has 0 bridgehead atoms. The number of amides is 1. The molecule has 1 saturated carbocycles. The Labute approximate surface area is 227 Å². The van der Waals surface area contributed by atoms with Gasteiger partial charge >= 0.3 is 0 Å². The third kappa shape index (κ3) is 6.12. The molecule has 3 aromatic rings. The van der Waals surface area contributed by atoms with Crippen LogP contribution in [0.4, 0.5) is 0 Å². The van der Waals surface area contributed by atoms with Crippen molar-refractivity contribution < 1.29 is 23.7 Å². The molecule has 1 fully saturated rings. The molecule has 1 amide bonds. The molecule has 0 radical (unpaired) electrons. The van der Waals surface area contributed by atoms with Crippen molar-refractivity contribution in [1.82, 2.24) is 20.5 Å². The van der Waals surface area contributed by atoms with E-state index in [1.54, 1.807) is 28.4 Å². The van der Waals surface area contributed by atoms with Gasteiger partial charge in [0.25, 0.3) is 0 Å². The van der Waals surface area contributed by atoms with Crippen LogP contribution < -0.4 is 24.3 Å².